The Morgan fingerprint density at radius 2 is 1.80 bits per heavy atom. The molecule has 0 saturated heterocycles. The molecule has 1 heterocycles. The summed E-state index contributed by atoms with van der Waals surface area (Å²) in [6.45, 7) is 0. The number of methoxy groups -OCH3 is 2. The van der Waals surface area contributed by atoms with Gasteiger partial charge in [-0.1, -0.05) is 28.9 Å². The molecule has 1 aromatic heterocycles. The monoisotopic (exact) mass is 360 g/mol. The van der Waals surface area contributed by atoms with E-state index in [9.17, 15) is 4.39 Å². The Balaban J connectivity index is 1.88. The van der Waals surface area contributed by atoms with Gasteiger partial charge in [0.2, 0.25) is 5.82 Å². The summed E-state index contributed by atoms with van der Waals surface area (Å²) in [5, 5.41) is 4.18. The van der Waals surface area contributed by atoms with Crippen LogP contribution in [0.1, 0.15) is 11.5 Å². The number of rotatable bonds is 5. The van der Waals surface area contributed by atoms with Gasteiger partial charge < -0.3 is 14.0 Å². The van der Waals surface area contributed by atoms with Crippen molar-refractivity contribution in [1.29, 1.82) is 0 Å². The number of halogens is 2. The van der Waals surface area contributed by atoms with Gasteiger partial charge in [0.15, 0.2) is 11.5 Å². The van der Waals surface area contributed by atoms with Crippen molar-refractivity contribution in [3.8, 4) is 22.9 Å². The van der Waals surface area contributed by atoms with Crippen LogP contribution in [0, 0.1) is 5.82 Å². The van der Waals surface area contributed by atoms with Crippen molar-refractivity contribution in [2.24, 2.45) is 0 Å². The second-order valence-corrected chi connectivity index (χ2v) is 5.44. The van der Waals surface area contributed by atoms with Crippen molar-refractivity contribution in [3.05, 3.63) is 59.7 Å². The molecule has 3 rings (SSSR count). The minimum atomic E-state index is -0.318. The van der Waals surface area contributed by atoms with E-state index in [4.69, 9.17) is 25.6 Å². The van der Waals surface area contributed by atoms with Crippen LogP contribution in [0.4, 0.5) is 4.39 Å². The molecule has 0 spiro atoms. The molecular weight excluding hydrogens is 347 g/mol. The highest BCUT2D eigenvalue weighted by molar-refractivity contribution is 6.50. The quantitative estimate of drug-likeness (QED) is 0.664. The summed E-state index contributed by atoms with van der Waals surface area (Å²) >= 11 is 6.21. The number of aromatic nitrogens is 2. The second-order valence-electron chi connectivity index (χ2n) is 5.04. The van der Waals surface area contributed by atoms with E-state index in [-0.39, 0.29) is 16.7 Å². The molecule has 0 aliphatic heterocycles. The fourth-order valence-electron chi connectivity index (χ4n) is 2.18. The molecule has 2 aromatic carbocycles. The zero-order valence-electron chi connectivity index (χ0n) is 13.5. The van der Waals surface area contributed by atoms with E-state index in [0.29, 0.717) is 22.9 Å². The number of hydrogen-bond acceptors (Lipinski definition) is 5. The highest BCUT2D eigenvalue weighted by atomic mass is 35.5. The Bertz CT molecular complexity index is 907. The van der Waals surface area contributed by atoms with Gasteiger partial charge in [0, 0.05) is 5.56 Å². The Labute approximate surface area is 148 Å². The fraction of sp³-hybridized carbons (Fsp3) is 0.111. The summed E-state index contributed by atoms with van der Waals surface area (Å²) < 4.78 is 28.6. The van der Waals surface area contributed by atoms with Gasteiger partial charge in [0.1, 0.15) is 10.8 Å². The minimum Gasteiger partial charge on any atom is -0.493 e. The van der Waals surface area contributed by atoms with Crippen LogP contribution in [-0.4, -0.2) is 24.4 Å². The summed E-state index contributed by atoms with van der Waals surface area (Å²) in [6, 6.07) is 11.2. The van der Waals surface area contributed by atoms with Crippen molar-refractivity contribution in [2.75, 3.05) is 14.2 Å². The lowest BCUT2D eigenvalue weighted by molar-refractivity contribution is 0.355. The third-order valence-corrected chi connectivity index (χ3v) is 3.71. The van der Waals surface area contributed by atoms with Crippen LogP contribution in [0.25, 0.3) is 22.5 Å². The average molecular weight is 361 g/mol. The molecule has 3 aromatic rings. The molecule has 128 valence electrons. The Hall–Kier alpha value is -2.86. The summed E-state index contributed by atoms with van der Waals surface area (Å²) in [7, 11) is 3.11. The first kappa shape index (κ1) is 17.0. The third-order valence-electron chi connectivity index (χ3n) is 3.44. The molecular formula is C18H14ClFN2O3. The van der Waals surface area contributed by atoms with Gasteiger partial charge in [-0.2, -0.15) is 4.98 Å². The summed E-state index contributed by atoms with van der Waals surface area (Å²) in [5.41, 5.74) is 1.41. The standard InChI is InChI=1S/C18H14ClFN2O3/c1-23-15-8-5-12(10-16(15)24-2)17-21-18(25-22-17)14(19)9-11-3-6-13(20)7-4-11/h3-10H,1-2H3/b14-9-. The van der Waals surface area contributed by atoms with Crippen LogP contribution in [0.2, 0.25) is 0 Å². The molecule has 7 heteroatoms. The van der Waals surface area contributed by atoms with Crippen LogP contribution in [-0.2, 0) is 0 Å². The molecule has 25 heavy (non-hydrogen) atoms. The Kier molecular flexibility index (Phi) is 5.00. The van der Waals surface area contributed by atoms with Gasteiger partial charge in [-0.25, -0.2) is 4.39 Å². The zero-order valence-corrected chi connectivity index (χ0v) is 14.2. The van der Waals surface area contributed by atoms with E-state index in [1.165, 1.54) is 12.1 Å². The third kappa shape index (κ3) is 3.80. The van der Waals surface area contributed by atoms with Crippen LogP contribution in [0.15, 0.2) is 47.0 Å². The van der Waals surface area contributed by atoms with Gasteiger partial charge in [0.05, 0.1) is 14.2 Å². The largest absolute Gasteiger partial charge is 0.493 e. The maximum Gasteiger partial charge on any atom is 0.269 e. The van der Waals surface area contributed by atoms with Gasteiger partial charge >= 0.3 is 0 Å². The lowest BCUT2D eigenvalue weighted by Gasteiger charge is -2.07. The first-order valence-corrected chi connectivity index (χ1v) is 7.67. The normalized spacial score (nSPS) is 11.4. The predicted octanol–water partition coefficient (Wildman–Crippen LogP) is 4.63. The summed E-state index contributed by atoms with van der Waals surface area (Å²) in [4.78, 5) is 4.28. The van der Waals surface area contributed by atoms with E-state index in [1.54, 1.807) is 50.6 Å². The minimum absolute atomic E-state index is 0.163. The molecule has 0 atom stereocenters. The van der Waals surface area contributed by atoms with Crippen LogP contribution in [0.3, 0.4) is 0 Å². The molecule has 0 saturated carbocycles. The van der Waals surface area contributed by atoms with Crippen LogP contribution in [0.5, 0.6) is 11.5 Å². The van der Waals surface area contributed by atoms with Crippen molar-refractivity contribution in [2.45, 2.75) is 0 Å². The lowest BCUT2D eigenvalue weighted by Crippen LogP contribution is -1.91. The molecule has 0 fully saturated rings. The van der Waals surface area contributed by atoms with E-state index < -0.39 is 0 Å². The topological polar surface area (TPSA) is 57.4 Å². The van der Waals surface area contributed by atoms with Gasteiger partial charge in [-0.3, -0.25) is 0 Å². The molecule has 0 amide bonds. The van der Waals surface area contributed by atoms with E-state index >= 15 is 0 Å². The number of hydrogen-bond donors (Lipinski definition) is 0. The zero-order chi connectivity index (χ0) is 17.8. The van der Waals surface area contributed by atoms with Crippen molar-refractivity contribution < 1.29 is 18.4 Å². The summed E-state index contributed by atoms with van der Waals surface area (Å²) in [6.07, 6.45) is 1.62. The highest BCUT2D eigenvalue weighted by Crippen LogP contribution is 2.32. The lowest BCUT2D eigenvalue weighted by atomic mass is 10.2. The molecule has 0 bridgehead atoms. The second kappa shape index (κ2) is 7.36. The maximum absolute atomic E-state index is 12.9. The smallest absolute Gasteiger partial charge is 0.269 e. The van der Waals surface area contributed by atoms with Crippen LogP contribution < -0.4 is 9.47 Å². The number of benzene rings is 2. The van der Waals surface area contributed by atoms with Crippen molar-refractivity contribution in [3.63, 3.8) is 0 Å². The molecule has 0 aliphatic carbocycles. The van der Waals surface area contributed by atoms with E-state index in [1.807, 2.05) is 0 Å². The fourth-order valence-corrected chi connectivity index (χ4v) is 2.38. The van der Waals surface area contributed by atoms with E-state index in [0.717, 1.165) is 5.56 Å². The van der Waals surface area contributed by atoms with Crippen LogP contribution >= 0.6 is 11.6 Å². The molecule has 0 unspecified atom stereocenters. The van der Waals surface area contributed by atoms with E-state index in [2.05, 4.69) is 10.1 Å². The van der Waals surface area contributed by atoms with Gasteiger partial charge in [-0.15, -0.1) is 0 Å². The number of nitrogens with zero attached hydrogens (tertiary/aromatic N) is 2. The van der Waals surface area contributed by atoms with Crippen molar-refractivity contribution >= 4 is 22.7 Å². The van der Waals surface area contributed by atoms with Gasteiger partial charge in [0.25, 0.3) is 5.89 Å². The highest BCUT2D eigenvalue weighted by Gasteiger charge is 2.14. The van der Waals surface area contributed by atoms with Crippen molar-refractivity contribution in [1.82, 2.24) is 10.1 Å². The molecule has 0 N–H and O–H groups in total. The van der Waals surface area contributed by atoms with Gasteiger partial charge in [-0.05, 0) is 42.0 Å². The predicted molar refractivity (Wildman–Crippen MR) is 93.0 cm³/mol. The molecule has 0 radical (unpaired) electrons. The SMILES string of the molecule is COc1ccc(-c2noc(/C(Cl)=C/c3ccc(F)cc3)n2)cc1OC. The molecule has 0 aliphatic rings. The molecule has 5 nitrogen and oxygen atoms in total. The maximum atomic E-state index is 12.9. The summed E-state index contributed by atoms with van der Waals surface area (Å²) in [5.74, 6) is 1.36. The average Bonchev–Trinajstić information content (AvgIpc) is 3.13. The first-order valence-electron chi connectivity index (χ1n) is 7.30. The first-order chi connectivity index (χ1) is 12.1. The Morgan fingerprint density at radius 3 is 2.48 bits per heavy atom. The Morgan fingerprint density at radius 1 is 1.08 bits per heavy atom. The number of ether oxygens (including phenoxy) is 2.